The van der Waals surface area contributed by atoms with Crippen LogP contribution < -0.4 is 5.32 Å². The van der Waals surface area contributed by atoms with Crippen molar-refractivity contribution in [2.45, 2.75) is 27.2 Å². The van der Waals surface area contributed by atoms with Gasteiger partial charge in [-0.25, -0.2) is 0 Å². The van der Waals surface area contributed by atoms with Crippen molar-refractivity contribution < 1.29 is 19.1 Å². The summed E-state index contributed by atoms with van der Waals surface area (Å²) in [6.07, 6.45) is 0.485. The number of rotatable bonds is 5. The van der Waals surface area contributed by atoms with E-state index >= 15 is 0 Å². The predicted octanol–water partition coefficient (Wildman–Crippen LogP) is 1.74. The van der Waals surface area contributed by atoms with Gasteiger partial charge >= 0.3 is 5.97 Å². The van der Waals surface area contributed by atoms with E-state index in [2.05, 4.69) is 5.32 Å². The van der Waals surface area contributed by atoms with Gasteiger partial charge in [0.15, 0.2) is 0 Å². The molecule has 0 aromatic carbocycles. The summed E-state index contributed by atoms with van der Waals surface area (Å²) in [4.78, 5) is 22.5. The number of carbonyl (C=O) groups is 2. The lowest BCUT2D eigenvalue weighted by Gasteiger charge is -2.10. The standard InChI is InChI=1S/C12H17NO4/c1-4-9(12(15)16)6-13-11(14)10-5-7(2)17-8(10)3/h5,9H,4,6H2,1-3H3,(H,13,14)(H,15,16). The molecular formula is C12H17NO4. The highest BCUT2D eigenvalue weighted by Crippen LogP contribution is 2.13. The lowest BCUT2D eigenvalue weighted by atomic mass is 10.1. The third kappa shape index (κ3) is 3.34. The lowest BCUT2D eigenvalue weighted by Crippen LogP contribution is -2.32. The average molecular weight is 239 g/mol. The third-order valence-corrected chi connectivity index (χ3v) is 2.64. The van der Waals surface area contributed by atoms with Gasteiger partial charge in [-0.1, -0.05) is 6.92 Å². The normalized spacial score (nSPS) is 12.2. The molecule has 17 heavy (non-hydrogen) atoms. The van der Waals surface area contributed by atoms with Crippen LogP contribution in [0.15, 0.2) is 10.5 Å². The second-order valence-electron chi connectivity index (χ2n) is 3.98. The van der Waals surface area contributed by atoms with E-state index in [-0.39, 0.29) is 12.5 Å². The Hall–Kier alpha value is -1.78. The molecule has 0 bridgehead atoms. The quantitative estimate of drug-likeness (QED) is 0.820. The minimum atomic E-state index is -0.895. The summed E-state index contributed by atoms with van der Waals surface area (Å²) in [5.41, 5.74) is 0.461. The Morgan fingerprint density at radius 3 is 2.53 bits per heavy atom. The molecule has 0 aliphatic rings. The number of carbonyl (C=O) groups excluding carboxylic acids is 1. The number of carboxylic acid groups (broad SMARTS) is 1. The summed E-state index contributed by atoms with van der Waals surface area (Å²) in [6.45, 7) is 5.37. The van der Waals surface area contributed by atoms with Crippen molar-refractivity contribution in [3.8, 4) is 0 Å². The highest BCUT2D eigenvalue weighted by molar-refractivity contribution is 5.95. The zero-order valence-corrected chi connectivity index (χ0v) is 10.2. The van der Waals surface area contributed by atoms with Gasteiger partial charge in [0.05, 0.1) is 11.5 Å². The Morgan fingerprint density at radius 2 is 2.12 bits per heavy atom. The minimum absolute atomic E-state index is 0.133. The van der Waals surface area contributed by atoms with Crippen molar-refractivity contribution in [2.75, 3.05) is 6.54 Å². The summed E-state index contributed by atoms with van der Waals surface area (Å²) >= 11 is 0. The maximum absolute atomic E-state index is 11.8. The number of hydrogen-bond acceptors (Lipinski definition) is 3. The van der Waals surface area contributed by atoms with E-state index in [4.69, 9.17) is 9.52 Å². The van der Waals surface area contributed by atoms with Crippen LogP contribution in [-0.2, 0) is 4.79 Å². The molecule has 1 aromatic heterocycles. The van der Waals surface area contributed by atoms with Crippen LogP contribution in [0.1, 0.15) is 35.2 Å². The minimum Gasteiger partial charge on any atom is -0.481 e. The number of furan rings is 1. The van der Waals surface area contributed by atoms with E-state index < -0.39 is 11.9 Å². The SMILES string of the molecule is CCC(CNC(=O)c1cc(C)oc1C)C(=O)O. The molecule has 5 nitrogen and oxygen atoms in total. The molecule has 94 valence electrons. The molecule has 0 saturated heterocycles. The molecule has 1 rings (SSSR count). The van der Waals surface area contributed by atoms with Crippen molar-refractivity contribution >= 4 is 11.9 Å². The van der Waals surface area contributed by atoms with Crippen molar-refractivity contribution in [3.05, 3.63) is 23.2 Å². The summed E-state index contributed by atoms with van der Waals surface area (Å²) in [5.74, 6) is -0.527. The molecule has 0 aliphatic carbocycles. The molecule has 5 heteroatoms. The third-order valence-electron chi connectivity index (χ3n) is 2.64. The van der Waals surface area contributed by atoms with Crippen LogP contribution in [-0.4, -0.2) is 23.5 Å². The van der Waals surface area contributed by atoms with Crippen molar-refractivity contribution in [1.29, 1.82) is 0 Å². The van der Waals surface area contributed by atoms with Gasteiger partial charge in [-0.3, -0.25) is 9.59 Å². The summed E-state index contributed by atoms with van der Waals surface area (Å²) in [6, 6.07) is 1.65. The topological polar surface area (TPSA) is 79.5 Å². The summed E-state index contributed by atoms with van der Waals surface area (Å²) < 4.78 is 5.24. The van der Waals surface area contributed by atoms with Gasteiger partial charge in [-0.2, -0.15) is 0 Å². The first-order chi connectivity index (χ1) is 7.95. The van der Waals surface area contributed by atoms with Crippen LogP contribution in [0, 0.1) is 19.8 Å². The molecule has 0 spiro atoms. The molecule has 0 aliphatic heterocycles. The molecule has 1 unspecified atom stereocenters. The highest BCUT2D eigenvalue weighted by Gasteiger charge is 2.18. The maximum atomic E-state index is 11.8. The lowest BCUT2D eigenvalue weighted by molar-refractivity contribution is -0.141. The van der Waals surface area contributed by atoms with Crippen LogP contribution in [0.3, 0.4) is 0 Å². The van der Waals surface area contributed by atoms with Crippen LogP contribution in [0.5, 0.6) is 0 Å². The fourth-order valence-corrected chi connectivity index (χ4v) is 1.57. The van der Waals surface area contributed by atoms with Crippen LogP contribution in [0.25, 0.3) is 0 Å². The Bertz CT molecular complexity index is 422. The van der Waals surface area contributed by atoms with Crippen molar-refractivity contribution in [1.82, 2.24) is 5.32 Å². The van der Waals surface area contributed by atoms with Crippen molar-refractivity contribution in [2.24, 2.45) is 5.92 Å². The number of aryl methyl sites for hydroxylation is 2. The zero-order chi connectivity index (χ0) is 13.0. The summed E-state index contributed by atoms with van der Waals surface area (Å²) in [5, 5.41) is 11.5. The maximum Gasteiger partial charge on any atom is 0.308 e. The van der Waals surface area contributed by atoms with E-state index in [1.807, 2.05) is 0 Å². The van der Waals surface area contributed by atoms with E-state index in [0.29, 0.717) is 23.5 Å². The second-order valence-corrected chi connectivity index (χ2v) is 3.98. The van der Waals surface area contributed by atoms with E-state index in [1.165, 1.54) is 0 Å². The Labute approximate surface area is 99.8 Å². The molecule has 0 saturated carbocycles. The molecule has 0 radical (unpaired) electrons. The number of hydrogen-bond donors (Lipinski definition) is 2. The average Bonchev–Trinajstić information content (AvgIpc) is 2.58. The fraction of sp³-hybridized carbons (Fsp3) is 0.500. The molecule has 1 aromatic rings. The van der Waals surface area contributed by atoms with Gasteiger partial charge in [0.2, 0.25) is 0 Å². The second kappa shape index (κ2) is 5.52. The fourth-order valence-electron chi connectivity index (χ4n) is 1.57. The van der Waals surface area contributed by atoms with Crippen molar-refractivity contribution in [3.63, 3.8) is 0 Å². The van der Waals surface area contributed by atoms with Gasteiger partial charge in [0.25, 0.3) is 5.91 Å². The monoisotopic (exact) mass is 239 g/mol. The Balaban J connectivity index is 2.61. The number of carboxylic acids is 1. The van der Waals surface area contributed by atoms with Gasteiger partial charge in [-0.15, -0.1) is 0 Å². The van der Waals surface area contributed by atoms with Crippen LogP contribution in [0.2, 0.25) is 0 Å². The molecule has 1 atom stereocenters. The molecule has 0 fully saturated rings. The van der Waals surface area contributed by atoms with Gasteiger partial charge in [0, 0.05) is 6.54 Å². The number of nitrogens with one attached hydrogen (secondary N) is 1. The van der Waals surface area contributed by atoms with E-state index in [0.717, 1.165) is 0 Å². The van der Waals surface area contributed by atoms with E-state index in [1.54, 1.807) is 26.8 Å². The first-order valence-electron chi connectivity index (χ1n) is 5.53. The van der Waals surface area contributed by atoms with Gasteiger partial charge in [0.1, 0.15) is 11.5 Å². The van der Waals surface area contributed by atoms with E-state index in [9.17, 15) is 9.59 Å². The predicted molar refractivity (Wildman–Crippen MR) is 61.9 cm³/mol. The Morgan fingerprint density at radius 1 is 1.47 bits per heavy atom. The molecule has 1 amide bonds. The number of aliphatic carboxylic acids is 1. The number of amides is 1. The zero-order valence-electron chi connectivity index (χ0n) is 10.2. The van der Waals surface area contributed by atoms with Gasteiger partial charge in [-0.05, 0) is 26.3 Å². The molecular weight excluding hydrogens is 222 g/mol. The Kier molecular flexibility index (Phi) is 4.31. The van der Waals surface area contributed by atoms with Gasteiger partial charge < -0.3 is 14.8 Å². The highest BCUT2D eigenvalue weighted by atomic mass is 16.4. The summed E-state index contributed by atoms with van der Waals surface area (Å²) in [7, 11) is 0. The van der Waals surface area contributed by atoms with Crippen LogP contribution >= 0.6 is 0 Å². The largest absolute Gasteiger partial charge is 0.481 e. The smallest absolute Gasteiger partial charge is 0.308 e. The van der Waals surface area contributed by atoms with Crippen LogP contribution in [0.4, 0.5) is 0 Å². The molecule has 2 N–H and O–H groups in total. The first-order valence-corrected chi connectivity index (χ1v) is 5.53. The first kappa shape index (κ1) is 13.3. The molecule has 1 heterocycles.